The van der Waals surface area contributed by atoms with E-state index in [2.05, 4.69) is 5.32 Å². The van der Waals surface area contributed by atoms with Gasteiger partial charge in [0.25, 0.3) is 0 Å². The van der Waals surface area contributed by atoms with Gasteiger partial charge in [0.05, 0.1) is 38.9 Å². The average molecular weight is 552 g/mol. The van der Waals surface area contributed by atoms with Gasteiger partial charge in [-0.05, 0) is 55.9 Å². The van der Waals surface area contributed by atoms with Gasteiger partial charge in [-0.3, -0.25) is 4.79 Å². The van der Waals surface area contributed by atoms with Crippen LogP contribution in [-0.2, 0) is 19.1 Å². The number of ketones is 1. The number of hydrogen-bond acceptors (Lipinski definition) is 8. The highest BCUT2D eigenvalue weighted by Crippen LogP contribution is 2.51. The molecule has 1 fully saturated rings. The second-order valence-electron chi connectivity index (χ2n) is 10.2. The number of carbonyl (C=O) groups is 2. The summed E-state index contributed by atoms with van der Waals surface area (Å²) >= 11 is 0. The second kappa shape index (κ2) is 11.7. The minimum Gasteiger partial charge on any atom is -0.493 e. The average Bonchev–Trinajstić information content (AvgIpc) is 3.48. The number of Topliss-reactive ketones (excluding diaryl/α,β-unsaturated/α-hetero) is 1. The van der Waals surface area contributed by atoms with Gasteiger partial charge in [0.1, 0.15) is 12.4 Å². The summed E-state index contributed by atoms with van der Waals surface area (Å²) in [5, 5.41) is 3.34. The van der Waals surface area contributed by atoms with E-state index in [4.69, 9.17) is 23.7 Å². The van der Waals surface area contributed by atoms with Crippen LogP contribution < -0.4 is 19.5 Å². The van der Waals surface area contributed by atoms with Crippen LogP contribution >= 0.6 is 0 Å². The number of ether oxygens (including phenoxy) is 5. The van der Waals surface area contributed by atoms with Crippen LogP contribution in [0.15, 0.2) is 58.9 Å². The molecule has 1 N–H and O–H groups in total. The molecular weight excluding hydrogens is 517 g/mol. The summed E-state index contributed by atoms with van der Waals surface area (Å²) in [6.07, 6.45) is 2.36. The number of hydrogen-bond donors (Lipinski definition) is 1. The van der Waals surface area contributed by atoms with Crippen molar-refractivity contribution in [1.29, 1.82) is 0 Å². The van der Waals surface area contributed by atoms with Crippen molar-refractivity contribution in [1.82, 2.24) is 5.32 Å². The molecular formula is C31H34FNO7. The minimum absolute atomic E-state index is 0.109. The van der Waals surface area contributed by atoms with Crippen molar-refractivity contribution in [2.75, 3.05) is 34.5 Å². The van der Waals surface area contributed by atoms with Crippen LogP contribution in [0.1, 0.15) is 55.6 Å². The first-order valence-electron chi connectivity index (χ1n) is 13.4. The molecule has 40 heavy (non-hydrogen) atoms. The first kappa shape index (κ1) is 27.7. The molecule has 3 aliphatic rings. The van der Waals surface area contributed by atoms with Crippen LogP contribution in [0.4, 0.5) is 4.39 Å². The van der Waals surface area contributed by atoms with E-state index in [0.717, 1.165) is 24.1 Å². The molecule has 3 atom stereocenters. The lowest BCUT2D eigenvalue weighted by molar-refractivity contribution is -0.142. The number of benzene rings is 2. The van der Waals surface area contributed by atoms with Crippen LogP contribution in [0.2, 0.25) is 0 Å². The Morgan fingerprint density at radius 2 is 1.77 bits per heavy atom. The highest BCUT2D eigenvalue weighted by Gasteiger charge is 2.43. The fourth-order valence-electron chi connectivity index (χ4n) is 5.97. The fourth-order valence-corrected chi connectivity index (χ4v) is 5.97. The standard InChI is InChI=1S/C31H34FNO7/c1-17-26(31(35)40-16-21-6-5-13-39-21)27(22-11-12-25(36-2)30(38-4)29(22)37-3)28-23(33-17)14-19(15-24(28)34)18-7-9-20(32)10-8-18/h7-12,19,21,27,33H,5-6,13-16H2,1-4H3/t19-,21-,27-/m1/s1. The molecule has 0 radical (unpaired) electrons. The van der Waals surface area contributed by atoms with Crippen molar-refractivity contribution in [2.45, 2.75) is 50.5 Å². The molecule has 2 aromatic rings. The molecule has 212 valence electrons. The number of esters is 1. The SMILES string of the molecule is COc1ccc([C@@H]2C(C(=O)OC[C@H]3CCCO3)=C(C)NC3=C2C(=O)C[C@H](c2ccc(F)cc2)C3)c(OC)c1OC. The van der Waals surface area contributed by atoms with E-state index in [0.29, 0.717) is 52.7 Å². The molecule has 0 unspecified atom stereocenters. The van der Waals surface area contributed by atoms with Crippen molar-refractivity contribution in [3.8, 4) is 17.2 Å². The van der Waals surface area contributed by atoms with E-state index in [9.17, 15) is 14.0 Å². The van der Waals surface area contributed by atoms with Crippen molar-refractivity contribution in [3.05, 3.63) is 75.9 Å². The lowest BCUT2D eigenvalue weighted by Gasteiger charge is -2.37. The maximum atomic E-state index is 13.9. The number of halogens is 1. The zero-order valence-electron chi connectivity index (χ0n) is 23.2. The summed E-state index contributed by atoms with van der Waals surface area (Å²) in [5.41, 5.74) is 3.60. The Balaban J connectivity index is 1.59. The molecule has 0 spiro atoms. The Bertz CT molecular complexity index is 1360. The van der Waals surface area contributed by atoms with Gasteiger partial charge in [0, 0.05) is 35.6 Å². The first-order valence-corrected chi connectivity index (χ1v) is 13.4. The summed E-state index contributed by atoms with van der Waals surface area (Å²) in [6, 6.07) is 9.77. The van der Waals surface area contributed by atoms with E-state index >= 15 is 0 Å². The Labute approximate surface area is 233 Å². The molecule has 9 heteroatoms. The van der Waals surface area contributed by atoms with E-state index in [1.807, 2.05) is 0 Å². The van der Waals surface area contributed by atoms with Gasteiger partial charge < -0.3 is 29.0 Å². The Hall–Kier alpha value is -3.85. The summed E-state index contributed by atoms with van der Waals surface area (Å²) in [5.74, 6) is -0.665. The third-order valence-corrected chi connectivity index (χ3v) is 7.86. The number of nitrogens with one attached hydrogen (secondary N) is 1. The van der Waals surface area contributed by atoms with Crippen LogP contribution in [0.25, 0.3) is 0 Å². The quantitative estimate of drug-likeness (QED) is 0.462. The summed E-state index contributed by atoms with van der Waals surface area (Å²) in [4.78, 5) is 27.6. The highest BCUT2D eigenvalue weighted by molar-refractivity contribution is 6.04. The maximum absolute atomic E-state index is 13.9. The van der Waals surface area contributed by atoms with Gasteiger partial charge in [-0.2, -0.15) is 0 Å². The molecule has 0 bridgehead atoms. The molecule has 0 saturated carbocycles. The Morgan fingerprint density at radius 1 is 1.02 bits per heavy atom. The van der Waals surface area contributed by atoms with Gasteiger partial charge >= 0.3 is 5.97 Å². The number of allylic oxidation sites excluding steroid dienone is 3. The lowest BCUT2D eigenvalue weighted by Crippen LogP contribution is -2.36. The largest absolute Gasteiger partial charge is 0.493 e. The smallest absolute Gasteiger partial charge is 0.336 e. The van der Waals surface area contributed by atoms with Gasteiger partial charge in [0.2, 0.25) is 5.75 Å². The van der Waals surface area contributed by atoms with E-state index in [1.165, 1.54) is 33.5 Å². The molecule has 8 nitrogen and oxygen atoms in total. The van der Waals surface area contributed by atoms with E-state index in [1.54, 1.807) is 31.2 Å². The zero-order valence-corrected chi connectivity index (χ0v) is 23.2. The van der Waals surface area contributed by atoms with Crippen molar-refractivity contribution >= 4 is 11.8 Å². The van der Waals surface area contributed by atoms with Crippen molar-refractivity contribution < 1.29 is 37.7 Å². The third-order valence-electron chi connectivity index (χ3n) is 7.86. The van der Waals surface area contributed by atoms with Crippen molar-refractivity contribution in [3.63, 3.8) is 0 Å². The molecule has 5 rings (SSSR count). The van der Waals surface area contributed by atoms with Crippen LogP contribution in [0.3, 0.4) is 0 Å². The maximum Gasteiger partial charge on any atom is 0.336 e. The number of methoxy groups -OCH3 is 3. The second-order valence-corrected chi connectivity index (χ2v) is 10.2. The Kier molecular flexibility index (Phi) is 8.12. The van der Waals surface area contributed by atoms with E-state index in [-0.39, 0.29) is 36.7 Å². The van der Waals surface area contributed by atoms with Crippen LogP contribution in [-0.4, -0.2) is 52.4 Å². The topological polar surface area (TPSA) is 92.3 Å². The van der Waals surface area contributed by atoms with Crippen molar-refractivity contribution in [2.24, 2.45) is 0 Å². The predicted molar refractivity (Wildman–Crippen MR) is 145 cm³/mol. The monoisotopic (exact) mass is 551 g/mol. The molecule has 2 heterocycles. The molecule has 0 amide bonds. The molecule has 1 saturated heterocycles. The molecule has 2 aromatic carbocycles. The molecule has 2 aliphatic heterocycles. The molecule has 0 aromatic heterocycles. The zero-order chi connectivity index (χ0) is 28.4. The number of rotatable bonds is 8. The van der Waals surface area contributed by atoms with Gasteiger partial charge in [-0.1, -0.05) is 18.2 Å². The third kappa shape index (κ3) is 5.18. The van der Waals surface area contributed by atoms with Gasteiger partial charge in [-0.15, -0.1) is 0 Å². The summed E-state index contributed by atoms with van der Waals surface area (Å²) < 4.78 is 41.9. The number of carbonyl (C=O) groups excluding carboxylic acids is 2. The highest BCUT2D eigenvalue weighted by atomic mass is 19.1. The van der Waals surface area contributed by atoms with Crippen LogP contribution in [0.5, 0.6) is 17.2 Å². The van der Waals surface area contributed by atoms with E-state index < -0.39 is 11.9 Å². The Morgan fingerprint density at radius 3 is 2.42 bits per heavy atom. The van der Waals surface area contributed by atoms with Crippen LogP contribution in [0, 0.1) is 5.82 Å². The fraction of sp³-hybridized carbons (Fsp3) is 0.419. The predicted octanol–water partition coefficient (Wildman–Crippen LogP) is 4.94. The van der Waals surface area contributed by atoms with Gasteiger partial charge in [0.15, 0.2) is 17.3 Å². The summed E-state index contributed by atoms with van der Waals surface area (Å²) in [7, 11) is 4.55. The normalized spacial score (nSPS) is 22.5. The lowest BCUT2D eigenvalue weighted by atomic mass is 9.71. The van der Waals surface area contributed by atoms with Gasteiger partial charge in [-0.25, -0.2) is 9.18 Å². The summed E-state index contributed by atoms with van der Waals surface area (Å²) in [6.45, 7) is 2.59. The number of dihydropyridines is 1. The first-order chi connectivity index (χ1) is 19.4. The molecule has 1 aliphatic carbocycles. The minimum atomic E-state index is -0.760.